The molecular weight excluding hydrogens is 312 g/mol. The third-order valence-electron chi connectivity index (χ3n) is 3.66. The van der Waals surface area contributed by atoms with Crippen molar-refractivity contribution in [3.63, 3.8) is 0 Å². The number of hydrogen-bond acceptors (Lipinski definition) is 6. The lowest BCUT2D eigenvalue weighted by atomic mass is 10.1. The number of carbonyl (C=O) groups excluding carboxylic acids is 1. The first-order chi connectivity index (χ1) is 11.4. The molecule has 8 nitrogen and oxygen atoms in total. The van der Waals surface area contributed by atoms with E-state index in [2.05, 4.69) is 17.2 Å². The van der Waals surface area contributed by atoms with Gasteiger partial charge in [-0.25, -0.2) is 9.78 Å². The molecule has 1 aromatic heterocycles. The summed E-state index contributed by atoms with van der Waals surface area (Å²) in [6.45, 7) is 5.06. The van der Waals surface area contributed by atoms with Gasteiger partial charge in [-0.15, -0.1) is 0 Å². The lowest BCUT2D eigenvalue weighted by Crippen LogP contribution is -2.18. The maximum atomic E-state index is 11.9. The quantitative estimate of drug-likeness (QED) is 0.475. The number of benzene rings is 1. The number of nitrogens with one attached hydrogen (secondary N) is 1. The number of rotatable bonds is 7. The summed E-state index contributed by atoms with van der Waals surface area (Å²) in [5, 5.41) is 14.3. The van der Waals surface area contributed by atoms with Crippen molar-refractivity contribution < 1.29 is 14.5 Å². The van der Waals surface area contributed by atoms with E-state index in [-0.39, 0.29) is 17.2 Å². The molecule has 24 heavy (non-hydrogen) atoms. The summed E-state index contributed by atoms with van der Waals surface area (Å²) in [7, 11) is 1.25. The van der Waals surface area contributed by atoms with Gasteiger partial charge in [0.2, 0.25) is 0 Å². The fourth-order valence-corrected chi connectivity index (χ4v) is 2.42. The van der Waals surface area contributed by atoms with Crippen LogP contribution in [0.3, 0.4) is 0 Å². The van der Waals surface area contributed by atoms with Crippen LogP contribution in [0.25, 0.3) is 0 Å². The van der Waals surface area contributed by atoms with Gasteiger partial charge in [0.05, 0.1) is 23.9 Å². The minimum atomic E-state index is -0.608. The largest absolute Gasteiger partial charge is 0.465 e. The van der Waals surface area contributed by atoms with Crippen molar-refractivity contribution in [1.29, 1.82) is 0 Å². The Balaban J connectivity index is 2.17. The van der Waals surface area contributed by atoms with Gasteiger partial charge in [0.25, 0.3) is 5.69 Å². The minimum absolute atomic E-state index is 0.104. The minimum Gasteiger partial charge on any atom is -0.465 e. The normalized spacial score (nSPS) is 11.8. The van der Waals surface area contributed by atoms with Crippen LogP contribution in [-0.4, -0.2) is 34.1 Å². The lowest BCUT2D eigenvalue weighted by Gasteiger charge is -2.16. The molecule has 0 amide bonds. The number of methoxy groups -OCH3 is 1. The lowest BCUT2D eigenvalue weighted by molar-refractivity contribution is -0.385. The predicted octanol–water partition coefficient (Wildman–Crippen LogP) is 2.63. The van der Waals surface area contributed by atoms with E-state index in [0.717, 1.165) is 6.54 Å². The fourth-order valence-electron chi connectivity index (χ4n) is 2.42. The highest BCUT2D eigenvalue weighted by Crippen LogP contribution is 2.27. The van der Waals surface area contributed by atoms with Crippen molar-refractivity contribution >= 4 is 17.3 Å². The van der Waals surface area contributed by atoms with E-state index >= 15 is 0 Å². The van der Waals surface area contributed by atoms with E-state index in [0.29, 0.717) is 17.8 Å². The maximum absolute atomic E-state index is 11.9. The van der Waals surface area contributed by atoms with Crippen molar-refractivity contribution in [3.8, 4) is 0 Å². The van der Waals surface area contributed by atoms with Crippen molar-refractivity contribution in [2.24, 2.45) is 5.92 Å². The molecule has 0 radical (unpaired) electrons. The van der Waals surface area contributed by atoms with Crippen molar-refractivity contribution in [2.75, 3.05) is 19.0 Å². The van der Waals surface area contributed by atoms with Crippen molar-refractivity contribution in [1.82, 2.24) is 9.55 Å². The number of nitro groups is 1. The second-order valence-electron chi connectivity index (χ2n) is 5.68. The van der Waals surface area contributed by atoms with Crippen LogP contribution in [0, 0.1) is 23.0 Å². The Morgan fingerprint density at radius 1 is 1.50 bits per heavy atom. The molecule has 0 unspecified atom stereocenters. The number of nitro benzene ring substituents is 1. The summed E-state index contributed by atoms with van der Waals surface area (Å²) < 4.78 is 6.70. The topological polar surface area (TPSA) is 99.3 Å². The molecule has 0 bridgehead atoms. The molecular formula is C16H20N4O4. The summed E-state index contributed by atoms with van der Waals surface area (Å²) in [6, 6.07) is 2.86. The highest BCUT2D eigenvalue weighted by atomic mass is 16.6. The number of esters is 1. The Labute approximate surface area is 139 Å². The molecule has 0 saturated heterocycles. The molecule has 0 aliphatic rings. The van der Waals surface area contributed by atoms with Gasteiger partial charge >= 0.3 is 5.97 Å². The van der Waals surface area contributed by atoms with E-state index in [4.69, 9.17) is 4.74 Å². The Bertz CT molecular complexity index is 728. The molecule has 0 aliphatic heterocycles. The van der Waals surface area contributed by atoms with Gasteiger partial charge in [-0.3, -0.25) is 10.1 Å². The number of carbonyl (C=O) groups is 1. The molecule has 2 aromatic rings. The standard InChI is InChI=1S/C16H20N4O4/c1-11(9-19-5-4-17-10-19)8-18-14-6-12(2)15(20(22)23)7-13(14)16(21)24-3/h4-7,10-11,18H,8-9H2,1-3H3/t11-/m0/s1. The number of ether oxygens (including phenoxy) is 1. The summed E-state index contributed by atoms with van der Waals surface area (Å²) in [4.78, 5) is 26.5. The summed E-state index contributed by atoms with van der Waals surface area (Å²) in [6.07, 6.45) is 5.34. The number of nitrogens with zero attached hydrogens (tertiary/aromatic N) is 3. The fraction of sp³-hybridized carbons (Fsp3) is 0.375. The molecule has 128 valence electrons. The Morgan fingerprint density at radius 2 is 2.25 bits per heavy atom. The van der Waals surface area contributed by atoms with Gasteiger partial charge in [-0.05, 0) is 18.9 Å². The van der Waals surface area contributed by atoms with Crippen LogP contribution in [0.1, 0.15) is 22.8 Å². The summed E-state index contributed by atoms with van der Waals surface area (Å²) >= 11 is 0. The zero-order valence-corrected chi connectivity index (χ0v) is 13.9. The summed E-state index contributed by atoms with van der Waals surface area (Å²) in [5.41, 5.74) is 1.07. The molecule has 0 saturated carbocycles. The van der Waals surface area contributed by atoms with Gasteiger partial charge in [0.1, 0.15) is 0 Å². The third-order valence-corrected chi connectivity index (χ3v) is 3.66. The van der Waals surface area contributed by atoms with Crippen molar-refractivity contribution in [2.45, 2.75) is 20.4 Å². The van der Waals surface area contributed by atoms with Crippen LogP contribution in [0.2, 0.25) is 0 Å². The first-order valence-electron chi connectivity index (χ1n) is 7.49. The number of hydrogen-bond donors (Lipinski definition) is 1. The first kappa shape index (κ1) is 17.5. The third kappa shape index (κ3) is 4.09. The highest BCUT2D eigenvalue weighted by Gasteiger charge is 2.20. The SMILES string of the molecule is COC(=O)c1cc([N+](=O)[O-])c(C)cc1NC[C@H](C)Cn1ccnc1. The van der Waals surface area contributed by atoms with Gasteiger partial charge in [-0.1, -0.05) is 6.92 Å². The highest BCUT2D eigenvalue weighted by molar-refractivity contribution is 5.96. The molecule has 1 aromatic carbocycles. The van der Waals surface area contributed by atoms with Crippen LogP contribution in [0.15, 0.2) is 30.9 Å². The average molecular weight is 332 g/mol. The molecule has 1 N–H and O–H groups in total. The van der Waals surface area contributed by atoms with E-state index in [1.807, 2.05) is 10.8 Å². The van der Waals surface area contributed by atoms with Crippen LogP contribution < -0.4 is 5.32 Å². The Hall–Kier alpha value is -2.90. The van der Waals surface area contributed by atoms with Gasteiger partial charge < -0.3 is 14.6 Å². The number of aryl methyl sites for hydroxylation is 1. The van der Waals surface area contributed by atoms with Gasteiger partial charge in [-0.2, -0.15) is 0 Å². The molecule has 0 aliphatic carbocycles. The van der Waals surface area contributed by atoms with Crippen LogP contribution in [0.5, 0.6) is 0 Å². The summed E-state index contributed by atoms with van der Waals surface area (Å²) in [5.74, 6) is -0.344. The van der Waals surface area contributed by atoms with Crippen LogP contribution in [-0.2, 0) is 11.3 Å². The van der Waals surface area contributed by atoms with E-state index in [1.54, 1.807) is 25.5 Å². The molecule has 0 spiro atoms. The number of imidazole rings is 1. The zero-order valence-electron chi connectivity index (χ0n) is 13.9. The smallest absolute Gasteiger partial charge is 0.340 e. The average Bonchev–Trinajstić information content (AvgIpc) is 3.04. The maximum Gasteiger partial charge on any atom is 0.340 e. The predicted molar refractivity (Wildman–Crippen MR) is 89.1 cm³/mol. The molecule has 2 rings (SSSR count). The first-order valence-corrected chi connectivity index (χ1v) is 7.49. The number of aromatic nitrogens is 2. The second-order valence-corrected chi connectivity index (χ2v) is 5.68. The monoisotopic (exact) mass is 332 g/mol. The van der Waals surface area contributed by atoms with Crippen LogP contribution in [0.4, 0.5) is 11.4 Å². The Morgan fingerprint density at radius 3 is 2.83 bits per heavy atom. The van der Waals surface area contributed by atoms with Crippen LogP contribution >= 0.6 is 0 Å². The van der Waals surface area contributed by atoms with Crippen molar-refractivity contribution in [3.05, 3.63) is 52.1 Å². The second kappa shape index (κ2) is 7.58. The molecule has 0 fully saturated rings. The Kier molecular flexibility index (Phi) is 5.51. The number of anilines is 1. The molecule has 8 heteroatoms. The molecule has 1 atom stereocenters. The van der Waals surface area contributed by atoms with E-state index in [9.17, 15) is 14.9 Å². The van der Waals surface area contributed by atoms with E-state index in [1.165, 1.54) is 13.2 Å². The van der Waals surface area contributed by atoms with Gasteiger partial charge in [0, 0.05) is 42.8 Å². The van der Waals surface area contributed by atoms with Gasteiger partial charge in [0.15, 0.2) is 0 Å². The van der Waals surface area contributed by atoms with E-state index < -0.39 is 10.9 Å². The molecule has 1 heterocycles. The zero-order chi connectivity index (χ0) is 17.7.